The van der Waals surface area contributed by atoms with Gasteiger partial charge in [0.2, 0.25) is 0 Å². The molecule has 0 bridgehead atoms. The zero-order valence-electron chi connectivity index (χ0n) is 14.9. The molecular formula is C20H24N4O2. The summed E-state index contributed by atoms with van der Waals surface area (Å²) in [6.07, 6.45) is 4.40. The number of benzene rings is 1. The number of anilines is 1. The van der Waals surface area contributed by atoms with E-state index in [1.807, 2.05) is 6.07 Å². The van der Waals surface area contributed by atoms with Crippen LogP contribution < -0.4 is 20.1 Å². The van der Waals surface area contributed by atoms with Crippen LogP contribution in [0.25, 0.3) is 0 Å². The van der Waals surface area contributed by atoms with Crippen LogP contribution in [0.3, 0.4) is 0 Å². The molecule has 0 amide bonds. The van der Waals surface area contributed by atoms with Crippen LogP contribution in [0, 0.1) is 0 Å². The second-order valence-electron chi connectivity index (χ2n) is 7.21. The van der Waals surface area contributed by atoms with Gasteiger partial charge in [-0.15, -0.1) is 0 Å². The summed E-state index contributed by atoms with van der Waals surface area (Å²) in [6, 6.07) is 6.14. The lowest BCUT2D eigenvalue weighted by Gasteiger charge is -2.19. The molecule has 2 N–H and O–H groups in total. The summed E-state index contributed by atoms with van der Waals surface area (Å²) in [6.45, 7) is 3.93. The third-order valence-electron chi connectivity index (χ3n) is 5.21. The van der Waals surface area contributed by atoms with Crippen molar-refractivity contribution in [3.05, 3.63) is 40.8 Å². The third-order valence-corrected chi connectivity index (χ3v) is 5.21. The lowest BCUT2D eigenvalue weighted by molar-refractivity contribution is 0.171. The van der Waals surface area contributed by atoms with Crippen molar-refractivity contribution in [1.29, 1.82) is 0 Å². The molecule has 1 aliphatic carbocycles. The van der Waals surface area contributed by atoms with Gasteiger partial charge in [0.15, 0.2) is 11.5 Å². The van der Waals surface area contributed by atoms with Crippen molar-refractivity contribution >= 4 is 5.82 Å². The van der Waals surface area contributed by atoms with E-state index in [4.69, 9.17) is 19.4 Å². The van der Waals surface area contributed by atoms with Crippen LogP contribution in [-0.2, 0) is 19.4 Å². The molecule has 1 aromatic heterocycles. The van der Waals surface area contributed by atoms with Crippen molar-refractivity contribution in [3.63, 3.8) is 0 Å². The summed E-state index contributed by atoms with van der Waals surface area (Å²) in [5.41, 5.74) is 3.66. The highest BCUT2D eigenvalue weighted by atomic mass is 16.6. The fourth-order valence-electron chi connectivity index (χ4n) is 3.62. The van der Waals surface area contributed by atoms with E-state index in [1.165, 1.54) is 29.7 Å². The zero-order valence-corrected chi connectivity index (χ0v) is 14.9. The van der Waals surface area contributed by atoms with E-state index in [0.29, 0.717) is 19.1 Å². The number of nitrogens with one attached hydrogen (secondary N) is 2. The Labute approximate surface area is 153 Å². The van der Waals surface area contributed by atoms with E-state index in [9.17, 15) is 0 Å². The van der Waals surface area contributed by atoms with Crippen molar-refractivity contribution in [2.24, 2.45) is 0 Å². The highest BCUT2D eigenvalue weighted by molar-refractivity contribution is 5.50. The summed E-state index contributed by atoms with van der Waals surface area (Å²) >= 11 is 0. The molecule has 3 heterocycles. The minimum atomic E-state index is 0.561. The molecule has 1 fully saturated rings. The molecule has 1 saturated carbocycles. The monoisotopic (exact) mass is 352 g/mol. The maximum atomic E-state index is 5.70. The van der Waals surface area contributed by atoms with E-state index in [0.717, 1.165) is 55.6 Å². The first-order valence-corrected chi connectivity index (χ1v) is 9.59. The van der Waals surface area contributed by atoms with Crippen LogP contribution in [-0.4, -0.2) is 36.3 Å². The highest BCUT2D eigenvalue weighted by Gasteiger charge is 2.29. The molecule has 0 radical (unpaired) electrons. The Bertz CT molecular complexity index is 820. The average Bonchev–Trinajstić information content (AvgIpc) is 3.52. The quantitative estimate of drug-likeness (QED) is 0.881. The highest BCUT2D eigenvalue weighted by Crippen LogP contribution is 2.39. The van der Waals surface area contributed by atoms with Gasteiger partial charge in [-0.2, -0.15) is 0 Å². The minimum Gasteiger partial charge on any atom is -0.486 e. The van der Waals surface area contributed by atoms with Crippen molar-refractivity contribution in [2.45, 2.75) is 38.1 Å². The predicted molar refractivity (Wildman–Crippen MR) is 99.0 cm³/mol. The Kier molecular flexibility index (Phi) is 4.13. The minimum absolute atomic E-state index is 0.561. The van der Waals surface area contributed by atoms with Crippen LogP contribution >= 0.6 is 0 Å². The number of aromatic nitrogens is 2. The normalized spacial score (nSPS) is 18.8. The van der Waals surface area contributed by atoms with Gasteiger partial charge in [-0.05, 0) is 43.5 Å². The van der Waals surface area contributed by atoms with Gasteiger partial charge in [-0.25, -0.2) is 9.97 Å². The van der Waals surface area contributed by atoms with Crippen molar-refractivity contribution < 1.29 is 9.47 Å². The Morgan fingerprint density at radius 1 is 1.04 bits per heavy atom. The first-order chi connectivity index (χ1) is 12.9. The number of fused-ring (bicyclic) bond motifs is 2. The first kappa shape index (κ1) is 15.9. The summed E-state index contributed by atoms with van der Waals surface area (Å²) in [4.78, 5) is 9.77. The molecule has 2 aromatic rings. The number of nitrogens with zero attached hydrogens (tertiary/aromatic N) is 2. The average molecular weight is 352 g/mol. The zero-order chi connectivity index (χ0) is 17.3. The number of rotatable bonds is 4. The summed E-state index contributed by atoms with van der Waals surface area (Å²) < 4.78 is 11.3. The fraction of sp³-hybridized carbons (Fsp3) is 0.500. The second kappa shape index (κ2) is 6.76. The van der Waals surface area contributed by atoms with Gasteiger partial charge in [0.25, 0.3) is 0 Å². The lowest BCUT2D eigenvalue weighted by atomic mass is 10.1. The van der Waals surface area contributed by atoms with Gasteiger partial charge in [-0.1, -0.05) is 6.07 Å². The van der Waals surface area contributed by atoms with Crippen LogP contribution in [0.1, 0.15) is 41.4 Å². The number of hydrogen-bond donors (Lipinski definition) is 2. The molecule has 0 unspecified atom stereocenters. The largest absolute Gasteiger partial charge is 0.486 e. The molecule has 26 heavy (non-hydrogen) atoms. The van der Waals surface area contributed by atoms with Gasteiger partial charge < -0.3 is 20.1 Å². The molecule has 136 valence electrons. The lowest BCUT2D eigenvalue weighted by Crippen LogP contribution is -2.16. The molecule has 0 saturated heterocycles. The third kappa shape index (κ3) is 3.21. The Balaban J connectivity index is 1.40. The van der Waals surface area contributed by atoms with Crippen molar-refractivity contribution in [2.75, 3.05) is 31.6 Å². The van der Waals surface area contributed by atoms with Crippen LogP contribution in [0.15, 0.2) is 18.2 Å². The fourth-order valence-corrected chi connectivity index (χ4v) is 3.62. The first-order valence-electron chi connectivity index (χ1n) is 9.59. The van der Waals surface area contributed by atoms with Gasteiger partial charge >= 0.3 is 0 Å². The SMILES string of the molecule is c1cc2c(cc1CNc1nc(C3CC3)nc3c1CCNCC3)OCCO2. The molecule has 2 aliphatic heterocycles. The van der Waals surface area contributed by atoms with Gasteiger partial charge in [0, 0.05) is 31.0 Å². The van der Waals surface area contributed by atoms with Crippen LogP contribution in [0.4, 0.5) is 5.82 Å². The van der Waals surface area contributed by atoms with Crippen molar-refractivity contribution in [1.82, 2.24) is 15.3 Å². The van der Waals surface area contributed by atoms with E-state index >= 15 is 0 Å². The summed E-state index contributed by atoms with van der Waals surface area (Å²) in [5, 5.41) is 7.04. The maximum Gasteiger partial charge on any atom is 0.161 e. The van der Waals surface area contributed by atoms with Gasteiger partial charge in [-0.3, -0.25) is 0 Å². The molecular weight excluding hydrogens is 328 g/mol. The Morgan fingerprint density at radius 2 is 1.88 bits per heavy atom. The second-order valence-corrected chi connectivity index (χ2v) is 7.21. The molecule has 1 aromatic carbocycles. The standard InChI is InChI=1S/C20H24N4O2/c1-4-17-18(26-10-9-25-17)11-13(1)12-22-20-15-5-7-21-8-6-16(15)23-19(24-20)14-2-3-14/h1,4,11,14,21H,2-3,5-10,12H2,(H,22,23,24). The van der Waals surface area contributed by atoms with E-state index < -0.39 is 0 Å². The van der Waals surface area contributed by atoms with Gasteiger partial charge in [0.05, 0.1) is 5.69 Å². The predicted octanol–water partition coefficient (Wildman–Crippen LogP) is 2.43. The smallest absolute Gasteiger partial charge is 0.161 e. The van der Waals surface area contributed by atoms with E-state index in [-0.39, 0.29) is 0 Å². The number of ether oxygens (including phenoxy) is 2. The molecule has 3 aliphatic rings. The Morgan fingerprint density at radius 3 is 2.77 bits per heavy atom. The van der Waals surface area contributed by atoms with Crippen molar-refractivity contribution in [3.8, 4) is 11.5 Å². The molecule has 6 heteroatoms. The topological polar surface area (TPSA) is 68.3 Å². The van der Waals surface area contributed by atoms with E-state index in [1.54, 1.807) is 0 Å². The van der Waals surface area contributed by atoms with Gasteiger partial charge in [0.1, 0.15) is 24.9 Å². The van der Waals surface area contributed by atoms with Crippen LogP contribution in [0.5, 0.6) is 11.5 Å². The van der Waals surface area contributed by atoms with E-state index in [2.05, 4.69) is 22.8 Å². The summed E-state index contributed by atoms with van der Waals surface area (Å²) in [7, 11) is 0. The molecule has 0 atom stereocenters. The molecule has 5 rings (SSSR count). The number of hydrogen-bond acceptors (Lipinski definition) is 6. The maximum absolute atomic E-state index is 5.70. The molecule has 0 spiro atoms. The Hall–Kier alpha value is -2.34. The summed E-state index contributed by atoms with van der Waals surface area (Å²) in [5.74, 6) is 4.26. The molecule has 6 nitrogen and oxygen atoms in total. The van der Waals surface area contributed by atoms with Crippen LogP contribution in [0.2, 0.25) is 0 Å².